The Bertz CT molecular complexity index is 540. The highest BCUT2D eigenvalue weighted by Crippen LogP contribution is 2.22. The largest absolute Gasteiger partial charge is 0.301 e. The number of alkyl halides is 1. The van der Waals surface area contributed by atoms with Crippen molar-refractivity contribution >= 4 is 21.6 Å². The van der Waals surface area contributed by atoms with Crippen LogP contribution in [-0.4, -0.2) is 50.3 Å². The van der Waals surface area contributed by atoms with E-state index >= 15 is 0 Å². The van der Waals surface area contributed by atoms with Gasteiger partial charge in [0, 0.05) is 32.1 Å². The minimum Gasteiger partial charge on any atom is -0.301 e. The monoisotopic (exact) mass is 316 g/mol. The first kappa shape index (κ1) is 15.8. The summed E-state index contributed by atoms with van der Waals surface area (Å²) < 4.78 is 26.9. The van der Waals surface area contributed by atoms with Crippen molar-refractivity contribution in [2.45, 2.75) is 24.1 Å². The number of rotatable bonds is 5. The van der Waals surface area contributed by atoms with Crippen molar-refractivity contribution < 1.29 is 8.42 Å². The maximum Gasteiger partial charge on any atom is 0.243 e. The summed E-state index contributed by atoms with van der Waals surface area (Å²) in [6.07, 6.45) is 1.10. The van der Waals surface area contributed by atoms with Crippen LogP contribution in [-0.2, 0) is 15.9 Å². The van der Waals surface area contributed by atoms with Crippen LogP contribution in [0.5, 0.6) is 0 Å². The standard InChI is InChI=1S/C14H21ClN2O2S/c1-2-7-16-8-10-17(11-9-16)20(18,19)14-6-4-3-5-13(14)12-15/h3-6H,2,7-12H2,1H3. The fraction of sp³-hybridized carbons (Fsp3) is 0.571. The second-order valence-electron chi connectivity index (χ2n) is 4.99. The lowest BCUT2D eigenvalue weighted by molar-refractivity contribution is 0.188. The van der Waals surface area contributed by atoms with E-state index in [2.05, 4.69) is 11.8 Å². The van der Waals surface area contributed by atoms with Crippen LogP contribution >= 0.6 is 11.6 Å². The summed E-state index contributed by atoms with van der Waals surface area (Å²) in [5.41, 5.74) is 0.671. The van der Waals surface area contributed by atoms with Gasteiger partial charge in [-0.3, -0.25) is 0 Å². The lowest BCUT2D eigenvalue weighted by Crippen LogP contribution is -2.48. The molecule has 0 saturated carbocycles. The number of benzene rings is 1. The summed E-state index contributed by atoms with van der Waals surface area (Å²) in [4.78, 5) is 2.65. The van der Waals surface area contributed by atoms with Gasteiger partial charge < -0.3 is 4.90 Å². The lowest BCUT2D eigenvalue weighted by atomic mass is 10.2. The van der Waals surface area contributed by atoms with E-state index in [1.165, 1.54) is 0 Å². The van der Waals surface area contributed by atoms with E-state index in [1.807, 2.05) is 6.07 Å². The van der Waals surface area contributed by atoms with E-state index in [0.29, 0.717) is 23.5 Å². The van der Waals surface area contributed by atoms with Gasteiger partial charge in [0.15, 0.2) is 0 Å². The SMILES string of the molecule is CCCN1CCN(S(=O)(=O)c2ccccc2CCl)CC1. The highest BCUT2D eigenvalue weighted by atomic mass is 35.5. The normalized spacial score (nSPS) is 18.3. The van der Waals surface area contributed by atoms with Crippen molar-refractivity contribution in [3.05, 3.63) is 29.8 Å². The summed E-state index contributed by atoms with van der Waals surface area (Å²) in [7, 11) is -3.42. The first-order valence-corrected chi connectivity index (χ1v) is 8.93. The first-order chi connectivity index (χ1) is 9.59. The molecule has 1 aromatic carbocycles. The molecular weight excluding hydrogens is 296 g/mol. The van der Waals surface area contributed by atoms with Crippen molar-refractivity contribution in [2.75, 3.05) is 32.7 Å². The molecule has 112 valence electrons. The van der Waals surface area contributed by atoms with Crippen LogP contribution in [0.4, 0.5) is 0 Å². The third-order valence-electron chi connectivity index (χ3n) is 3.61. The van der Waals surface area contributed by atoms with Crippen molar-refractivity contribution in [1.82, 2.24) is 9.21 Å². The van der Waals surface area contributed by atoms with Crippen LogP contribution in [0.1, 0.15) is 18.9 Å². The third kappa shape index (κ3) is 3.34. The molecule has 1 aliphatic rings. The van der Waals surface area contributed by atoms with Crippen molar-refractivity contribution in [1.29, 1.82) is 0 Å². The number of halogens is 1. The molecule has 0 spiro atoms. The zero-order valence-electron chi connectivity index (χ0n) is 11.8. The van der Waals surface area contributed by atoms with Gasteiger partial charge in [0.1, 0.15) is 0 Å². The molecular formula is C14H21ClN2O2S. The molecule has 1 aromatic rings. The van der Waals surface area contributed by atoms with Crippen LogP contribution in [0.2, 0.25) is 0 Å². The van der Waals surface area contributed by atoms with E-state index < -0.39 is 10.0 Å². The molecule has 6 heteroatoms. The molecule has 1 aliphatic heterocycles. The number of hydrogen-bond acceptors (Lipinski definition) is 3. The molecule has 0 bridgehead atoms. The van der Waals surface area contributed by atoms with Crippen LogP contribution in [0.3, 0.4) is 0 Å². The van der Waals surface area contributed by atoms with Crippen molar-refractivity contribution in [3.8, 4) is 0 Å². The molecule has 2 rings (SSSR count). The summed E-state index contributed by atoms with van der Waals surface area (Å²) in [5.74, 6) is 0.213. The predicted octanol–water partition coefficient (Wildman–Crippen LogP) is 2.14. The van der Waals surface area contributed by atoms with Gasteiger partial charge in [-0.2, -0.15) is 4.31 Å². The number of piperazine rings is 1. The van der Waals surface area contributed by atoms with Gasteiger partial charge in [-0.1, -0.05) is 25.1 Å². The molecule has 0 N–H and O–H groups in total. The van der Waals surface area contributed by atoms with Crippen molar-refractivity contribution in [3.63, 3.8) is 0 Å². The zero-order chi connectivity index (χ0) is 14.6. The predicted molar refractivity (Wildman–Crippen MR) is 81.5 cm³/mol. The van der Waals surface area contributed by atoms with E-state index in [9.17, 15) is 8.42 Å². The molecule has 1 saturated heterocycles. The number of nitrogens with zero attached hydrogens (tertiary/aromatic N) is 2. The topological polar surface area (TPSA) is 40.6 Å². The summed E-state index contributed by atoms with van der Waals surface area (Å²) in [5, 5.41) is 0. The molecule has 4 nitrogen and oxygen atoms in total. The highest BCUT2D eigenvalue weighted by molar-refractivity contribution is 7.89. The van der Waals surface area contributed by atoms with Gasteiger partial charge >= 0.3 is 0 Å². The van der Waals surface area contributed by atoms with Crippen LogP contribution in [0, 0.1) is 0 Å². The Kier molecular flexibility index (Phi) is 5.43. The van der Waals surface area contributed by atoms with Gasteiger partial charge in [-0.25, -0.2) is 8.42 Å². The van der Waals surface area contributed by atoms with E-state index in [1.54, 1.807) is 22.5 Å². The second kappa shape index (κ2) is 6.89. The lowest BCUT2D eigenvalue weighted by Gasteiger charge is -2.34. The molecule has 0 radical (unpaired) electrons. The van der Waals surface area contributed by atoms with E-state index in [4.69, 9.17) is 11.6 Å². The Balaban J connectivity index is 2.16. The smallest absolute Gasteiger partial charge is 0.243 e. The summed E-state index contributed by atoms with van der Waals surface area (Å²) >= 11 is 5.85. The van der Waals surface area contributed by atoms with Crippen LogP contribution in [0.25, 0.3) is 0 Å². The average molecular weight is 317 g/mol. The van der Waals surface area contributed by atoms with Crippen LogP contribution < -0.4 is 0 Å². The maximum absolute atomic E-state index is 12.7. The van der Waals surface area contributed by atoms with Crippen molar-refractivity contribution in [2.24, 2.45) is 0 Å². The summed E-state index contributed by atoms with van der Waals surface area (Å²) in [6, 6.07) is 6.98. The summed E-state index contributed by atoms with van der Waals surface area (Å²) in [6.45, 7) is 5.89. The first-order valence-electron chi connectivity index (χ1n) is 6.96. The molecule has 0 amide bonds. The molecule has 0 aromatic heterocycles. The minimum atomic E-state index is -3.42. The molecule has 0 atom stereocenters. The number of hydrogen-bond donors (Lipinski definition) is 0. The third-order valence-corrected chi connectivity index (χ3v) is 5.89. The average Bonchev–Trinajstić information content (AvgIpc) is 2.48. The maximum atomic E-state index is 12.7. The molecule has 0 unspecified atom stereocenters. The quantitative estimate of drug-likeness (QED) is 0.782. The van der Waals surface area contributed by atoms with Gasteiger partial charge in [-0.15, -0.1) is 11.6 Å². The fourth-order valence-electron chi connectivity index (χ4n) is 2.51. The number of sulfonamides is 1. The van der Waals surface area contributed by atoms with Gasteiger partial charge in [0.05, 0.1) is 4.90 Å². The van der Waals surface area contributed by atoms with E-state index in [-0.39, 0.29) is 5.88 Å². The zero-order valence-corrected chi connectivity index (χ0v) is 13.3. The Morgan fingerprint density at radius 2 is 1.80 bits per heavy atom. The Morgan fingerprint density at radius 3 is 2.40 bits per heavy atom. The van der Waals surface area contributed by atoms with Gasteiger partial charge in [-0.05, 0) is 24.6 Å². The highest BCUT2D eigenvalue weighted by Gasteiger charge is 2.29. The Morgan fingerprint density at radius 1 is 1.15 bits per heavy atom. The molecule has 1 heterocycles. The van der Waals surface area contributed by atoms with E-state index in [0.717, 1.165) is 26.1 Å². The second-order valence-corrected chi connectivity index (χ2v) is 7.16. The van der Waals surface area contributed by atoms with Gasteiger partial charge in [0.25, 0.3) is 0 Å². The molecule has 20 heavy (non-hydrogen) atoms. The molecule has 1 fully saturated rings. The minimum absolute atomic E-state index is 0.213. The Labute approximate surface area is 126 Å². The molecule has 0 aliphatic carbocycles. The van der Waals surface area contributed by atoms with Crippen LogP contribution in [0.15, 0.2) is 29.2 Å². The Hall–Kier alpha value is -0.620. The van der Waals surface area contributed by atoms with Gasteiger partial charge in [0.2, 0.25) is 10.0 Å². The fourth-order valence-corrected chi connectivity index (χ4v) is 4.47.